The van der Waals surface area contributed by atoms with Gasteiger partial charge in [0.2, 0.25) is 5.88 Å². The number of ether oxygens (including phenoxy) is 1. The van der Waals surface area contributed by atoms with Crippen molar-refractivity contribution >= 4 is 5.82 Å². The van der Waals surface area contributed by atoms with Crippen LogP contribution in [-0.4, -0.2) is 22.2 Å². The van der Waals surface area contributed by atoms with E-state index in [1.54, 1.807) is 6.92 Å². The lowest BCUT2D eigenvalue weighted by molar-refractivity contribution is -0.190. The molecule has 0 bridgehead atoms. The molecule has 0 aliphatic heterocycles. The summed E-state index contributed by atoms with van der Waals surface area (Å²) in [5.41, 5.74) is 2.23. The number of halogens is 3. The minimum Gasteiger partial charge on any atom is -0.465 e. The highest BCUT2D eigenvalue weighted by atomic mass is 19.4. The smallest absolute Gasteiger partial charge is 0.425 e. The molecule has 0 radical (unpaired) electrons. The maximum Gasteiger partial charge on any atom is 0.425 e. The SMILES string of the molecule is Cc1c(NN)nc(C(C)(C)C)nc1OC(C)C(F)(F)F. The molecule has 8 heteroatoms. The third-order valence-electron chi connectivity index (χ3n) is 2.66. The number of hydrazine groups is 1. The van der Waals surface area contributed by atoms with Crippen molar-refractivity contribution in [2.75, 3.05) is 5.43 Å². The van der Waals surface area contributed by atoms with E-state index in [4.69, 9.17) is 10.6 Å². The van der Waals surface area contributed by atoms with E-state index in [1.807, 2.05) is 20.8 Å². The second-order valence-electron chi connectivity index (χ2n) is 5.52. The number of nitrogens with two attached hydrogens (primary N) is 1. The van der Waals surface area contributed by atoms with E-state index in [2.05, 4.69) is 15.4 Å². The number of nitrogen functional groups attached to an aromatic ring is 1. The van der Waals surface area contributed by atoms with Crippen molar-refractivity contribution in [1.29, 1.82) is 0 Å². The Kier molecular flexibility index (Phi) is 4.48. The Hall–Kier alpha value is -1.57. The summed E-state index contributed by atoms with van der Waals surface area (Å²) in [6, 6.07) is 0. The van der Waals surface area contributed by atoms with Crippen LogP contribution in [0.4, 0.5) is 19.0 Å². The van der Waals surface area contributed by atoms with Crippen LogP contribution < -0.4 is 16.0 Å². The van der Waals surface area contributed by atoms with Crippen LogP contribution in [0.1, 0.15) is 39.1 Å². The molecule has 5 nitrogen and oxygen atoms in total. The lowest BCUT2D eigenvalue weighted by atomic mass is 9.95. The maximum absolute atomic E-state index is 12.6. The van der Waals surface area contributed by atoms with Crippen LogP contribution >= 0.6 is 0 Å². The van der Waals surface area contributed by atoms with Crippen molar-refractivity contribution in [2.24, 2.45) is 5.84 Å². The first-order valence-electron chi connectivity index (χ1n) is 6.06. The third kappa shape index (κ3) is 3.72. The molecule has 20 heavy (non-hydrogen) atoms. The Labute approximate surface area is 115 Å². The van der Waals surface area contributed by atoms with Gasteiger partial charge in [-0.15, -0.1) is 0 Å². The second-order valence-corrected chi connectivity index (χ2v) is 5.52. The van der Waals surface area contributed by atoms with Gasteiger partial charge in [0.15, 0.2) is 11.9 Å². The summed E-state index contributed by atoms with van der Waals surface area (Å²) in [7, 11) is 0. The quantitative estimate of drug-likeness (QED) is 0.662. The average molecular weight is 292 g/mol. The minimum absolute atomic E-state index is 0.122. The van der Waals surface area contributed by atoms with Gasteiger partial charge in [-0.1, -0.05) is 20.8 Å². The van der Waals surface area contributed by atoms with Gasteiger partial charge in [0.25, 0.3) is 0 Å². The third-order valence-corrected chi connectivity index (χ3v) is 2.66. The Morgan fingerprint density at radius 1 is 1.20 bits per heavy atom. The summed E-state index contributed by atoms with van der Waals surface area (Å²) in [4.78, 5) is 8.26. The highest BCUT2D eigenvalue weighted by Gasteiger charge is 2.39. The number of alkyl halides is 3. The highest BCUT2D eigenvalue weighted by molar-refractivity contribution is 5.48. The van der Waals surface area contributed by atoms with Gasteiger partial charge in [-0.2, -0.15) is 18.2 Å². The van der Waals surface area contributed by atoms with Crippen molar-refractivity contribution in [1.82, 2.24) is 9.97 Å². The number of hydrogen-bond donors (Lipinski definition) is 2. The summed E-state index contributed by atoms with van der Waals surface area (Å²) in [5, 5.41) is 0. The monoisotopic (exact) mass is 292 g/mol. The topological polar surface area (TPSA) is 73.1 Å². The molecule has 0 amide bonds. The van der Waals surface area contributed by atoms with Gasteiger partial charge in [-0.3, -0.25) is 0 Å². The van der Waals surface area contributed by atoms with Crippen LogP contribution in [0.15, 0.2) is 0 Å². The number of nitrogens with one attached hydrogen (secondary N) is 1. The molecule has 0 aliphatic rings. The van der Waals surface area contributed by atoms with Crippen molar-refractivity contribution in [2.45, 2.75) is 52.3 Å². The van der Waals surface area contributed by atoms with Crippen molar-refractivity contribution < 1.29 is 17.9 Å². The zero-order valence-electron chi connectivity index (χ0n) is 12.1. The maximum atomic E-state index is 12.6. The van der Waals surface area contributed by atoms with Gasteiger partial charge in [0.05, 0.1) is 5.56 Å². The molecule has 0 saturated heterocycles. The minimum atomic E-state index is -4.46. The van der Waals surface area contributed by atoms with Gasteiger partial charge in [0.1, 0.15) is 5.82 Å². The normalized spacial score (nSPS) is 14.1. The zero-order valence-corrected chi connectivity index (χ0v) is 12.1. The number of hydrogen-bond acceptors (Lipinski definition) is 5. The fraction of sp³-hybridized carbons (Fsp3) is 0.667. The molecular formula is C12H19F3N4O. The lowest BCUT2D eigenvalue weighted by Gasteiger charge is -2.22. The van der Waals surface area contributed by atoms with Crippen LogP contribution in [0.3, 0.4) is 0 Å². The Morgan fingerprint density at radius 3 is 2.15 bits per heavy atom. The molecule has 1 aromatic heterocycles. The highest BCUT2D eigenvalue weighted by Crippen LogP contribution is 2.30. The molecule has 0 saturated carbocycles. The van der Waals surface area contributed by atoms with E-state index in [1.165, 1.54) is 0 Å². The van der Waals surface area contributed by atoms with Crippen LogP contribution in [0.25, 0.3) is 0 Å². The van der Waals surface area contributed by atoms with E-state index in [0.29, 0.717) is 11.4 Å². The lowest BCUT2D eigenvalue weighted by Crippen LogP contribution is -2.32. The molecule has 0 aromatic carbocycles. The Bertz CT molecular complexity index is 483. The predicted molar refractivity (Wildman–Crippen MR) is 69.4 cm³/mol. The molecule has 3 N–H and O–H groups in total. The van der Waals surface area contributed by atoms with Crippen molar-refractivity contribution in [3.63, 3.8) is 0 Å². The molecule has 1 rings (SSSR count). The van der Waals surface area contributed by atoms with Crippen LogP contribution in [0.2, 0.25) is 0 Å². The number of aromatic nitrogens is 2. The predicted octanol–water partition coefficient (Wildman–Crippen LogP) is 2.70. The standard InChI is InChI=1S/C12H19F3N4O/c1-6-8(19-16)17-10(11(3,4)5)18-9(6)20-7(2)12(13,14)15/h7H,16H2,1-5H3,(H,17,18,19). The van der Waals surface area contributed by atoms with Gasteiger partial charge in [-0.05, 0) is 13.8 Å². The van der Waals surface area contributed by atoms with E-state index in [9.17, 15) is 13.2 Å². The largest absolute Gasteiger partial charge is 0.465 e. The van der Waals surface area contributed by atoms with E-state index in [0.717, 1.165) is 6.92 Å². The molecule has 114 valence electrons. The van der Waals surface area contributed by atoms with Crippen molar-refractivity contribution in [3.05, 3.63) is 11.4 Å². The van der Waals surface area contributed by atoms with Crippen LogP contribution in [0, 0.1) is 6.92 Å². The zero-order chi connectivity index (χ0) is 15.7. The molecule has 1 atom stereocenters. The van der Waals surface area contributed by atoms with Gasteiger partial charge >= 0.3 is 6.18 Å². The summed E-state index contributed by atoms with van der Waals surface area (Å²) in [5.74, 6) is 5.80. The number of nitrogens with zero attached hydrogens (tertiary/aromatic N) is 2. The fourth-order valence-electron chi connectivity index (χ4n) is 1.32. The molecule has 1 unspecified atom stereocenters. The molecule has 0 aliphatic carbocycles. The second kappa shape index (κ2) is 5.43. The van der Waals surface area contributed by atoms with Gasteiger partial charge in [0, 0.05) is 5.41 Å². The molecule has 1 heterocycles. The first-order valence-corrected chi connectivity index (χ1v) is 6.06. The molecule has 1 aromatic rings. The summed E-state index contributed by atoms with van der Waals surface area (Å²) in [6.45, 7) is 7.99. The van der Waals surface area contributed by atoms with Gasteiger partial charge < -0.3 is 10.2 Å². The fourth-order valence-corrected chi connectivity index (χ4v) is 1.32. The van der Waals surface area contributed by atoms with Crippen LogP contribution in [-0.2, 0) is 5.41 Å². The Balaban J connectivity index is 3.25. The van der Waals surface area contributed by atoms with E-state index >= 15 is 0 Å². The number of rotatable bonds is 3. The first-order chi connectivity index (χ1) is 8.96. The van der Waals surface area contributed by atoms with Crippen molar-refractivity contribution in [3.8, 4) is 5.88 Å². The molecular weight excluding hydrogens is 273 g/mol. The summed E-state index contributed by atoms with van der Waals surface area (Å²) >= 11 is 0. The van der Waals surface area contributed by atoms with E-state index in [-0.39, 0.29) is 11.7 Å². The molecule has 0 fully saturated rings. The number of anilines is 1. The Morgan fingerprint density at radius 2 is 1.75 bits per heavy atom. The summed E-state index contributed by atoms with van der Waals surface area (Å²) in [6.07, 6.45) is -6.43. The molecule has 0 spiro atoms. The van der Waals surface area contributed by atoms with E-state index < -0.39 is 17.7 Å². The van der Waals surface area contributed by atoms with Gasteiger partial charge in [-0.25, -0.2) is 10.8 Å². The van der Waals surface area contributed by atoms with Crippen LogP contribution in [0.5, 0.6) is 5.88 Å². The average Bonchev–Trinajstić information content (AvgIpc) is 2.28. The summed E-state index contributed by atoms with van der Waals surface area (Å²) < 4.78 is 42.6. The first kappa shape index (κ1) is 16.5.